The van der Waals surface area contributed by atoms with Crippen LogP contribution in [0.3, 0.4) is 0 Å². The molecule has 0 bridgehead atoms. The Bertz CT molecular complexity index is 1010. The smallest absolute Gasteiger partial charge is 0.206 e. The number of rotatable bonds is 5. The van der Waals surface area contributed by atoms with E-state index in [1.54, 1.807) is 12.1 Å². The fourth-order valence-corrected chi connectivity index (χ4v) is 3.10. The van der Waals surface area contributed by atoms with Crippen molar-refractivity contribution in [3.8, 4) is 22.3 Å². The van der Waals surface area contributed by atoms with Gasteiger partial charge in [0.15, 0.2) is 0 Å². The summed E-state index contributed by atoms with van der Waals surface area (Å²) in [6, 6.07) is 16.2. The molecule has 3 rings (SSSR count). The number of alkyl halides is 3. The zero-order valence-corrected chi connectivity index (χ0v) is 15.7. The van der Waals surface area contributed by atoms with Gasteiger partial charge in [0.05, 0.1) is 0 Å². The van der Waals surface area contributed by atoms with Gasteiger partial charge < -0.3 is 0 Å². The molecule has 29 heavy (non-hydrogen) atoms. The molecule has 0 aliphatic heterocycles. The van der Waals surface area contributed by atoms with E-state index in [-0.39, 0.29) is 22.8 Å². The van der Waals surface area contributed by atoms with Crippen LogP contribution in [0.4, 0.5) is 22.0 Å². The molecule has 0 atom stereocenters. The van der Waals surface area contributed by atoms with Gasteiger partial charge in [-0.05, 0) is 46.9 Å². The molecule has 0 amide bonds. The van der Waals surface area contributed by atoms with Crippen LogP contribution in [-0.4, -0.2) is 6.18 Å². The molecule has 0 aliphatic carbocycles. The van der Waals surface area contributed by atoms with Crippen LogP contribution in [0.25, 0.3) is 28.3 Å². The first kappa shape index (κ1) is 20.8. The van der Waals surface area contributed by atoms with Crippen molar-refractivity contribution in [2.24, 2.45) is 0 Å². The second kappa shape index (κ2) is 8.60. The normalized spacial score (nSPS) is 11.9. The monoisotopic (exact) mass is 402 g/mol. The second-order valence-electron chi connectivity index (χ2n) is 6.75. The van der Waals surface area contributed by atoms with Crippen molar-refractivity contribution in [1.82, 2.24) is 0 Å². The third-order valence-electron chi connectivity index (χ3n) is 4.56. The third kappa shape index (κ3) is 5.31. The maximum absolute atomic E-state index is 14.7. The van der Waals surface area contributed by atoms with Crippen molar-refractivity contribution in [1.29, 1.82) is 0 Å². The summed E-state index contributed by atoms with van der Waals surface area (Å²) in [6.45, 7) is 2.10. The van der Waals surface area contributed by atoms with Gasteiger partial charge in [-0.15, -0.1) is 0 Å². The zero-order valence-electron chi connectivity index (χ0n) is 15.7. The lowest BCUT2D eigenvalue weighted by Gasteiger charge is -2.09. The van der Waals surface area contributed by atoms with E-state index in [2.05, 4.69) is 6.92 Å². The van der Waals surface area contributed by atoms with Gasteiger partial charge >= 0.3 is 6.18 Å². The molecule has 0 radical (unpaired) electrons. The van der Waals surface area contributed by atoms with E-state index in [0.717, 1.165) is 24.5 Å². The average Bonchev–Trinajstić information content (AvgIpc) is 2.67. The SMILES string of the molecule is CCCc1ccc(-c2ccc(-c3ccc(C=CC(F)(F)F)c(F)c3)c(F)c2)cc1. The molecule has 0 N–H and O–H groups in total. The Morgan fingerprint density at radius 1 is 0.759 bits per heavy atom. The number of aryl methyl sites for hydroxylation is 1. The largest absolute Gasteiger partial charge is 0.409 e. The summed E-state index contributed by atoms with van der Waals surface area (Å²) in [4.78, 5) is 0. The van der Waals surface area contributed by atoms with E-state index in [0.29, 0.717) is 11.6 Å². The summed E-state index contributed by atoms with van der Waals surface area (Å²) in [5.74, 6) is -1.38. The van der Waals surface area contributed by atoms with Crippen molar-refractivity contribution in [3.63, 3.8) is 0 Å². The second-order valence-corrected chi connectivity index (χ2v) is 6.75. The first-order valence-corrected chi connectivity index (χ1v) is 9.21. The number of halogens is 5. The Balaban J connectivity index is 1.86. The molecule has 0 aliphatic rings. The van der Waals surface area contributed by atoms with Gasteiger partial charge in [0.2, 0.25) is 0 Å². The van der Waals surface area contributed by atoms with E-state index in [1.807, 2.05) is 24.3 Å². The molecule has 0 aromatic heterocycles. The highest BCUT2D eigenvalue weighted by Crippen LogP contribution is 2.30. The van der Waals surface area contributed by atoms with Crippen molar-refractivity contribution < 1.29 is 22.0 Å². The van der Waals surface area contributed by atoms with Crippen LogP contribution in [0.15, 0.2) is 66.7 Å². The van der Waals surface area contributed by atoms with Crippen LogP contribution in [0, 0.1) is 11.6 Å². The summed E-state index contributed by atoms with van der Waals surface area (Å²) < 4.78 is 65.6. The molecule has 0 unspecified atom stereocenters. The summed E-state index contributed by atoms with van der Waals surface area (Å²) in [5.41, 5.74) is 3.00. The minimum Gasteiger partial charge on any atom is -0.206 e. The van der Waals surface area contributed by atoms with E-state index in [4.69, 9.17) is 0 Å². The van der Waals surface area contributed by atoms with E-state index in [1.165, 1.54) is 23.8 Å². The molecule has 0 heterocycles. The zero-order chi connectivity index (χ0) is 21.0. The molecule has 0 spiro atoms. The topological polar surface area (TPSA) is 0 Å². The van der Waals surface area contributed by atoms with E-state index < -0.39 is 17.8 Å². The van der Waals surface area contributed by atoms with Crippen LogP contribution in [0.2, 0.25) is 0 Å². The molecule has 0 nitrogen and oxygen atoms in total. The van der Waals surface area contributed by atoms with E-state index in [9.17, 15) is 22.0 Å². The van der Waals surface area contributed by atoms with Gasteiger partial charge in [-0.3, -0.25) is 0 Å². The first-order chi connectivity index (χ1) is 13.8. The van der Waals surface area contributed by atoms with Crippen molar-refractivity contribution >= 4 is 6.08 Å². The maximum atomic E-state index is 14.7. The average molecular weight is 402 g/mol. The summed E-state index contributed by atoms with van der Waals surface area (Å²) in [7, 11) is 0. The molecule has 5 heteroatoms. The molecule has 3 aromatic rings. The molecular weight excluding hydrogens is 383 g/mol. The summed E-state index contributed by atoms with van der Waals surface area (Å²) in [6.07, 6.45) is -1.88. The molecule has 3 aromatic carbocycles. The number of benzene rings is 3. The van der Waals surface area contributed by atoms with Crippen LogP contribution in [-0.2, 0) is 6.42 Å². The fraction of sp³-hybridized carbons (Fsp3) is 0.167. The maximum Gasteiger partial charge on any atom is 0.409 e. The fourth-order valence-electron chi connectivity index (χ4n) is 3.10. The van der Waals surface area contributed by atoms with Crippen molar-refractivity contribution in [2.75, 3.05) is 0 Å². The van der Waals surface area contributed by atoms with Gasteiger partial charge in [-0.2, -0.15) is 13.2 Å². The molecule has 0 fully saturated rings. The lowest BCUT2D eigenvalue weighted by Crippen LogP contribution is -2.00. The third-order valence-corrected chi connectivity index (χ3v) is 4.56. The highest BCUT2D eigenvalue weighted by atomic mass is 19.4. The molecule has 150 valence electrons. The highest BCUT2D eigenvalue weighted by molar-refractivity contribution is 5.72. The van der Waals surface area contributed by atoms with Crippen LogP contribution in [0.5, 0.6) is 0 Å². The summed E-state index contributed by atoms with van der Waals surface area (Å²) >= 11 is 0. The van der Waals surface area contributed by atoms with Crippen molar-refractivity contribution in [2.45, 2.75) is 25.9 Å². The minimum atomic E-state index is -4.53. The highest BCUT2D eigenvalue weighted by Gasteiger charge is 2.22. The number of allylic oxidation sites excluding steroid dienone is 1. The lowest BCUT2D eigenvalue weighted by molar-refractivity contribution is -0.0790. The number of hydrogen-bond acceptors (Lipinski definition) is 0. The quantitative estimate of drug-likeness (QED) is 0.382. The van der Waals surface area contributed by atoms with Crippen molar-refractivity contribution in [3.05, 3.63) is 89.5 Å². The first-order valence-electron chi connectivity index (χ1n) is 9.21. The van der Waals surface area contributed by atoms with E-state index >= 15 is 0 Å². The predicted molar refractivity (Wildman–Crippen MR) is 106 cm³/mol. The van der Waals surface area contributed by atoms with Gasteiger partial charge in [0, 0.05) is 17.2 Å². The van der Waals surface area contributed by atoms with Crippen LogP contribution < -0.4 is 0 Å². The van der Waals surface area contributed by atoms with Gasteiger partial charge in [-0.25, -0.2) is 8.78 Å². The Morgan fingerprint density at radius 2 is 1.38 bits per heavy atom. The molecule has 0 saturated heterocycles. The summed E-state index contributed by atoms with van der Waals surface area (Å²) in [5, 5.41) is 0. The Morgan fingerprint density at radius 3 is 1.97 bits per heavy atom. The Labute approximate surface area is 166 Å². The minimum absolute atomic E-state index is 0.0355. The Hall–Kier alpha value is -2.95. The Kier molecular flexibility index (Phi) is 6.16. The van der Waals surface area contributed by atoms with Crippen LogP contribution in [0.1, 0.15) is 24.5 Å². The molecule has 0 saturated carbocycles. The number of hydrogen-bond donors (Lipinski definition) is 0. The lowest BCUT2D eigenvalue weighted by atomic mass is 9.97. The standard InChI is InChI=1S/C24H19F5/c1-2-3-16-4-6-17(7-5-16)19-10-11-21(23(26)14-19)20-9-8-18(22(25)15-20)12-13-24(27,28)29/h4-15H,2-3H2,1H3. The van der Waals surface area contributed by atoms with Gasteiger partial charge in [0.1, 0.15) is 11.6 Å². The van der Waals surface area contributed by atoms with Crippen LogP contribution >= 0.6 is 0 Å². The predicted octanol–water partition coefficient (Wildman–Crippen LogP) is 7.83. The van der Waals surface area contributed by atoms with Gasteiger partial charge in [0.25, 0.3) is 0 Å². The molecular formula is C24H19F5. The van der Waals surface area contributed by atoms with Gasteiger partial charge in [-0.1, -0.05) is 61.9 Å².